The average molecular weight is 304 g/mol. The molecule has 3 rings (SSSR count). The topological polar surface area (TPSA) is 24.9 Å². The molecule has 4 heteroatoms. The first-order chi connectivity index (χ1) is 10.9. The summed E-state index contributed by atoms with van der Waals surface area (Å²) < 4.78 is 11.4. The van der Waals surface area contributed by atoms with E-state index in [1.54, 1.807) is 0 Å². The maximum atomic E-state index is 5.83. The summed E-state index contributed by atoms with van der Waals surface area (Å²) in [6.07, 6.45) is 3.53. The third kappa shape index (κ3) is 5.06. The first kappa shape index (κ1) is 15.9. The Labute approximate surface area is 134 Å². The Morgan fingerprint density at radius 1 is 1.00 bits per heavy atom. The predicted molar refractivity (Wildman–Crippen MR) is 87.7 cm³/mol. The van der Waals surface area contributed by atoms with Crippen LogP contribution < -0.4 is 0 Å². The van der Waals surface area contributed by atoms with Gasteiger partial charge in [0.05, 0.1) is 6.61 Å². The number of ether oxygens (including phenoxy) is 2. The molecular weight excluding hydrogens is 276 g/mol. The van der Waals surface area contributed by atoms with Gasteiger partial charge >= 0.3 is 0 Å². The molecule has 0 spiro atoms. The molecule has 0 N–H and O–H groups in total. The highest BCUT2D eigenvalue weighted by Gasteiger charge is 2.18. The summed E-state index contributed by atoms with van der Waals surface area (Å²) in [5, 5.41) is 0. The van der Waals surface area contributed by atoms with Gasteiger partial charge in [-0.15, -0.1) is 0 Å². The van der Waals surface area contributed by atoms with Crippen molar-refractivity contribution in [2.45, 2.75) is 32.1 Å². The lowest BCUT2D eigenvalue weighted by Gasteiger charge is -2.35. The molecule has 22 heavy (non-hydrogen) atoms. The molecule has 2 heterocycles. The van der Waals surface area contributed by atoms with Gasteiger partial charge in [-0.05, 0) is 24.8 Å². The summed E-state index contributed by atoms with van der Waals surface area (Å²) in [5.74, 6) is 0. The van der Waals surface area contributed by atoms with Crippen molar-refractivity contribution >= 4 is 0 Å². The van der Waals surface area contributed by atoms with Crippen LogP contribution in [0.25, 0.3) is 0 Å². The van der Waals surface area contributed by atoms with Crippen molar-refractivity contribution in [3.8, 4) is 0 Å². The van der Waals surface area contributed by atoms with E-state index in [0.29, 0.717) is 0 Å². The van der Waals surface area contributed by atoms with Gasteiger partial charge in [-0.25, -0.2) is 0 Å². The molecule has 1 aromatic carbocycles. The van der Waals surface area contributed by atoms with E-state index in [2.05, 4.69) is 40.1 Å². The van der Waals surface area contributed by atoms with E-state index in [4.69, 9.17) is 9.47 Å². The van der Waals surface area contributed by atoms with E-state index in [1.165, 1.54) is 18.4 Å². The fourth-order valence-corrected chi connectivity index (χ4v) is 3.17. The highest BCUT2D eigenvalue weighted by Crippen LogP contribution is 2.14. The Hall–Kier alpha value is -0.940. The number of rotatable bonds is 6. The lowest BCUT2D eigenvalue weighted by molar-refractivity contribution is -0.164. The molecule has 1 atom stereocenters. The van der Waals surface area contributed by atoms with Gasteiger partial charge in [0.25, 0.3) is 0 Å². The molecule has 1 aromatic rings. The van der Waals surface area contributed by atoms with Crippen molar-refractivity contribution in [2.75, 3.05) is 45.9 Å². The van der Waals surface area contributed by atoms with Gasteiger partial charge < -0.3 is 9.47 Å². The standard InChI is InChI=1S/C18H28N2O2/c1-2-6-17(7-3-1)16-20-11-9-19(10-12-20)13-15-22-18-8-4-5-14-21-18/h1-3,6-7,18H,4-5,8-16H2. The van der Waals surface area contributed by atoms with Crippen LogP contribution in [0.4, 0.5) is 0 Å². The molecule has 2 aliphatic heterocycles. The Morgan fingerprint density at radius 2 is 1.77 bits per heavy atom. The van der Waals surface area contributed by atoms with E-state index in [9.17, 15) is 0 Å². The third-order valence-corrected chi connectivity index (χ3v) is 4.56. The second-order valence-electron chi connectivity index (χ2n) is 6.27. The van der Waals surface area contributed by atoms with Gasteiger partial charge in [0.15, 0.2) is 6.29 Å². The first-order valence-corrected chi connectivity index (χ1v) is 8.62. The highest BCUT2D eigenvalue weighted by molar-refractivity contribution is 5.14. The van der Waals surface area contributed by atoms with Crippen LogP contribution in [0, 0.1) is 0 Å². The SMILES string of the molecule is c1ccc(CN2CCN(CCOC3CCCCO3)CC2)cc1. The maximum Gasteiger partial charge on any atom is 0.157 e. The van der Waals surface area contributed by atoms with Gasteiger partial charge in [0, 0.05) is 45.9 Å². The molecule has 0 saturated carbocycles. The van der Waals surface area contributed by atoms with E-state index in [1.807, 2.05) is 0 Å². The molecule has 122 valence electrons. The summed E-state index contributed by atoms with van der Waals surface area (Å²) in [6, 6.07) is 10.7. The van der Waals surface area contributed by atoms with Crippen LogP contribution in [0.15, 0.2) is 30.3 Å². The first-order valence-electron chi connectivity index (χ1n) is 8.62. The molecule has 4 nitrogen and oxygen atoms in total. The van der Waals surface area contributed by atoms with Crippen molar-refractivity contribution in [2.24, 2.45) is 0 Å². The zero-order valence-electron chi connectivity index (χ0n) is 13.5. The summed E-state index contributed by atoms with van der Waals surface area (Å²) in [5.41, 5.74) is 1.41. The normalized spacial score (nSPS) is 24.5. The summed E-state index contributed by atoms with van der Waals surface area (Å²) in [4.78, 5) is 5.04. The molecule has 1 unspecified atom stereocenters. The molecule has 2 fully saturated rings. The zero-order chi connectivity index (χ0) is 15.0. The van der Waals surface area contributed by atoms with Crippen LogP contribution in [0.3, 0.4) is 0 Å². The van der Waals surface area contributed by atoms with E-state index >= 15 is 0 Å². The largest absolute Gasteiger partial charge is 0.353 e. The van der Waals surface area contributed by atoms with Crippen molar-refractivity contribution in [1.29, 1.82) is 0 Å². The number of piperazine rings is 1. The third-order valence-electron chi connectivity index (χ3n) is 4.56. The van der Waals surface area contributed by atoms with Crippen molar-refractivity contribution in [3.63, 3.8) is 0 Å². The molecular formula is C18H28N2O2. The van der Waals surface area contributed by atoms with E-state index in [0.717, 1.165) is 58.9 Å². The Morgan fingerprint density at radius 3 is 2.50 bits per heavy atom. The zero-order valence-corrected chi connectivity index (χ0v) is 13.5. The molecule has 0 aromatic heterocycles. The number of nitrogens with zero attached hydrogens (tertiary/aromatic N) is 2. The summed E-state index contributed by atoms with van der Waals surface area (Å²) in [7, 11) is 0. The van der Waals surface area contributed by atoms with Crippen molar-refractivity contribution in [3.05, 3.63) is 35.9 Å². The highest BCUT2D eigenvalue weighted by atomic mass is 16.7. The van der Waals surface area contributed by atoms with Gasteiger partial charge in [-0.3, -0.25) is 9.80 Å². The van der Waals surface area contributed by atoms with Gasteiger partial charge in [0.2, 0.25) is 0 Å². The van der Waals surface area contributed by atoms with Crippen LogP contribution in [0.1, 0.15) is 24.8 Å². The van der Waals surface area contributed by atoms with Crippen molar-refractivity contribution in [1.82, 2.24) is 9.80 Å². The number of hydrogen-bond acceptors (Lipinski definition) is 4. The smallest absolute Gasteiger partial charge is 0.157 e. The van der Waals surface area contributed by atoms with Gasteiger partial charge in [-0.2, -0.15) is 0 Å². The van der Waals surface area contributed by atoms with Crippen molar-refractivity contribution < 1.29 is 9.47 Å². The van der Waals surface area contributed by atoms with Crippen LogP contribution in [0.5, 0.6) is 0 Å². The van der Waals surface area contributed by atoms with E-state index in [-0.39, 0.29) is 6.29 Å². The van der Waals surface area contributed by atoms with Gasteiger partial charge in [-0.1, -0.05) is 30.3 Å². The average Bonchev–Trinajstić information content (AvgIpc) is 2.58. The van der Waals surface area contributed by atoms with Crippen LogP contribution in [-0.4, -0.2) is 62.0 Å². The fourth-order valence-electron chi connectivity index (χ4n) is 3.17. The molecule has 2 saturated heterocycles. The Balaban J connectivity index is 1.30. The fraction of sp³-hybridized carbons (Fsp3) is 0.667. The lowest BCUT2D eigenvalue weighted by Crippen LogP contribution is -2.47. The molecule has 0 radical (unpaired) electrons. The number of benzene rings is 1. The van der Waals surface area contributed by atoms with Crippen LogP contribution >= 0.6 is 0 Å². The summed E-state index contributed by atoms with van der Waals surface area (Å²) in [6.45, 7) is 8.33. The monoisotopic (exact) mass is 304 g/mol. The Bertz CT molecular complexity index is 412. The molecule has 2 aliphatic rings. The van der Waals surface area contributed by atoms with Crippen LogP contribution in [0.2, 0.25) is 0 Å². The minimum absolute atomic E-state index is 0.0492. The quantitative estimate of drug-likeness (QED) is 0.805. The number of hydrogen-bond donors (Lipinski definition) is 0. The molecule has 0 amide bonds. The summed E-state index contributed by atoms with van der Waals surface area (Å²) >= 11 is 0. The van der Waals surface area contributed by atoms with E-state index < -0.39 is 0 Å². The molecule has 0 aliphatic carbocycles. The predicted octanol–water partition coefficient (Wildman–Crippen LogP) is 2.35. The second kappa shape index (κ2) is 8.63. The van der Waals surface area contributed by atoms with Crippen LogP contribution in [-0.2, 0) is 16.0 Å². The minimum atomic E-state index is 0.0492. The minimum Gasteiger partial charge on any atom is -0.353 e. The molecule has 0 bridgehead atoms. The lowest BCUT2D eigenvalue weighted by atomic mass is 10.2. The second-order valence-corrected chi connectivity index (χ2v) is 6.27. The Kier molecular flexibility index (Phi) is 6.25. The van der Waals surface area contributed by atoms with Gasteiger partial charge in [0.1, 0.15) is 0 Å². The maximum absolute atomic E-state index is 5.83.